The van der Waals surface area contributed by atoms with Crippen LogP contribution in [-0.2, 0) is 4.79 Å². The summed E-state index contributed by atoms with van der Waals surface area (Å²) in [7, 11) is 1.53. The van der Waals surface area contributed by atoms with Crippen LogP contribution >= 0.6 is 27.5 Å². The second-order valence-corrected chi connectivity index (χ2v) is 5.50. The lowest BCUT2D eigenvalue weighted by Gasteiger charge is -2.20. The Hall–Kier alpha value is -1.27. The maximum Gasteiger partial charge on any atom is 0.321 e. The van der Waals surface area contributed by atoms with Gasteiger partial charge in [-0.1, -0.05) is 34.5 Å². The zero-order valence-electron chi connectivity index (χ0n) is 10.5. The number of anilines is 1. The molecule has 0 heterocycles. The largest absolute Gasteiger partial charge is 0.481 e. The molecule has 0 saturated carbocycles. The van der Waals surface area contributed by atoms with Gasteiger partial charge >= 0.3 is 12.0 Å². The van der Waals surface area contributed by atoms with Crippen LogP contribution in [0.25, 0.3) is 0 Å². The van der Waals surface area contributed by atoms with Crippen LogP contribution < -0.4 is 5.32 Å². The molecule has 19 heavy (non-hydrogen) atoms. The smallest absolute Gasteiger partial charge is 0.321 e. The number of hydrogen-bond donors (Lipinski definition) is 2. The van der Waals surface area contributed by atoms with Gasteiger partial charge in [0, 0.05) is 18.1 Å². The van der Waals surface area contributed by atoms with E-state index in [-0.39, 0.29) is 6.54 Å². The van der Waals surface area contributed by atoms with Gasteiger partial charge in [-0.3, -0.25) is 4.79 Å². The topological polar surface area (TPSA) is 69.6 Å². The quantitative estimate of drug-likeness (QED) is 0.876. The fourth-order valence-electron chi connectivity index (χ4n) is 1.38. The molecule has 1 unspecified atom stereocenters. The molecule has 104 valence electrons. The standard InChI is InChI=1S/C12H14BrClN2O3/c1-7(11(17)18)6-16(2)12(19)15-10-5-8(13)3-4-9(10)14/h3-5,7H,6H2,1-2H3,(H,15,19)(H,17,18). The summed E-state index contributed by atoms with van der Waals surface area (Å²) in [5.74, 6) is -1.58. The lowest BCUT2D eigenvalue weighted by atomic mass is 10.2. The number of urea groups is 1. The van der Waals surface area contributed by atoms with Gasteiger partial charge in [0.15, 0.2) is 0 Å². The predicted molar refractivity (Wildman–Crippen MR) is 77.6 cm³/mol. The van der Waals surface area contributed by atoms with E-state index >= 15 is 0 Å². The molecular weight excluding hydrogens is 336 g/mol. The number of nitrogens with one attached hydrogen (secondary N) is 1. The van der Waals surface area contributed by atoms with Crippen LogP contribution in [0.4, 0.5) is 10.5 Å². The molecule has 0 aromatic heterocycles. The Morgan fingerprint density at radius 2 is 2.16 bits per heavy atom. The van der Waals surface area contributed by atoms with Gasteiger partial charge in [0.2, 0.25) is 0 Å². The Balaban J connectivity index is 2.68. The van der Waals surface area contributed by atoms with Crippen molar-refractivity contribution in [1.82, 2.24) is 4.90 Å². The number of carboxylic acid groups (broad SMARTS) is 1. The summed E-state index contributed by atoms with van der Waals surface area (Å²) in [5.41, 5.74) is 0.468. The number of halogens is 2. The molecule has 0 bridgehead atoms. The predicted octanol–water partition coefficient (Wildman–Crippen LogP) is 3.29. The molecule has 7 heteroatoms. The first kappa shape index (κ1) is 15.8. The van der Waals surface area contributed by atoms with E-state index in [0.717, 1.165) is 4.47 Å². The van der Waals surface area contributed by atoms with Crippen LogP contribution in [-0.4, -0.2) is 35.6 Å². The van der Waals surface area contributed by atoms with Crippen molar-refractivity contribution in [3.05, 3.63) is 27.7 Å². The number of aliphatic carboxylic acids is 1. The molecular formula is C12H14BrClN2O3. The minimum atomic E-state index is -0.944. The summed E-state index contributed by atoms with van der Waals surface area (Å²) < 4.78 is 0.786. The van der Waals surface area contributed by atoms with Crippen LogP contribution in [0.1, 0.15) is 6.92 Å². The molecule has 2 N–H and O–H groups in total. The maximum atomic E-state index is 11.9. The molecule has 1 atom stereocenters. The van der Waals surface area contributed by atoms with E-state index in [1.165, 1.54) is 18.9 Å². The number of hydrogen-bond acceptors (Lipinski definition) is 2. The Morgan fingerprint density at radius 1 is 1.53 bits per heavy atom. The van der Waals surface area contributed by atoms with Crippen LogP contribution in [0.3, 0.4) is 0 Å². The number of benzene rings is 1. The fraction of sp³-hybridized carbons (Fsp3) is 0.333. The van der Waals surface area contributed by atoms with Crippen LogP contribution in [0, 0.1) is 5.92 Å². The molecule has 1 rings (SSSR count). The van der Waals surface area contributed by atoms with Gasteiger partial charge in [0.1, 0.15) is 0 Å². The molecule has 0 saturated heterocycles. The van der Waals surface area contributed by atoms with E-state index < -0.39 is 17.9 Å². The van der Waals surface area contributed by atoms with Gasteiger partial charge in [-0.15, -0.1) is 0 Å². The van der Waals surface area contributed by atoms with Crippen LogP contribution in [0.5, 0.6) is 0 Å². The molecule has 0 aliphatic rings. The van der Waals surface area contributed by atoms with Crippen molar-refractivity contribution in [3.63, 3.8) is 0 Å². The number of carbonyl (C=O) groups excluding carboxylic acids is 1. The Kier molecular flexibility index (Phi) is 5.62. The highest BCUT2D eigenvalue weighted by Gasteiger charge is 2.18. The summed E-state index contributed by atoms with van der Waals surface area (Å²) in [5, 5.41) is 11.8. The summed E-state index contributed by atoms with van der Waals surface area (Å²) in [6.45, 7) is 1.66. The van der Waals surface area contributed by atoms with E-state index in [1.54, 1.807) is 18.2 Å². The zero-order valence-corrected chi connectivity index (χ0v) is 12.8. The lowest BCUT2D eigenvalue weighted by molar-refractivity contribution is -0.141. The highest BCUT2D eigenvalue weighted by atomic mass is 79.9. The summed E-state index contributed by atoms with van der Waals surface area (Å²) in [6.07, 6.45) is 0. The first-order valence-corrected chi connectivity index (χ1v) is 6.68. The molecule has 5 nitrogen and oxygen atoms in total. The zero-order chi connectivity index (χ0) is 14.6. The van der Waals surface area contributed by atoms with E-state index in [0.29, 0.717) is 10.7 Å². The second-order valence-electron chi connectivity index (χ2n) is 4.17. The summed E-state index contributed by atoms with van der Waals surface area (Å²) in [4.78, 5) is 23.9. The van der Waals surface area contributed by atoms with Crippen LogP contribution in [0.2, 0.25) is 5.02 Å². The Bertz CT molecular complexity index is 496. The van der Waals surface area contributed by atoms with Gasteiger partial charge in [0.05, 0.1) is 16.6 Å². The molecule has 0 spiro atoms. The SMILES string of the molecule is CC(CN(C)C(=O)Nc1cc(Br)ccc1Cl)C(=O)O. The molecule has 0 aliphatic carbocycles. The average Bonchev–Trinajstić information content (AvgIpc) is 2.33. The lowest BCUT2D eigenvalue weighted by Crippen LogP contribution is -2.36. The van der Waals surface area contributed by atoms with Gasteiger partial charge in [-0.05, 0) is 18.2 Å². The highest BCUT2D eigenvalue weighted by molar-refractivity contribution is 9.10. The van der Waals surface area contributed by atoms with Gasteiger partial charge in [-0.25, -0.2) is 4.79 Å². The summed E-state index contributed by atoms with van der Waals surface area (Å²) >= 11 is 9.23. The average molecular weight is 350 g/mol. The van der Waals surface area contributed by atoms with Crippen molar-refractivity contribution in [2.75, 3.05) is 18.9 Å². The van der Waals surface area contributed by atoms with Crippen LogP contribution in [0.15, 0.2) is 22.7 Å². The third-order valence-corrected chi connectivity index (χ3v) is 3.31. The minimum Gasteiger partial charge on any atom is -0.481 e. The Morgan fingerprint density at radius 3 is 2.74 bits per heavy atom. The molecule has 1 aromatic rings. The number of amides is 2. The van der Waals surface area contributed by atoms with Gasteiger partial charge in [-0.2, -0.15) is 0 Å². The molecule has 2 amide bonds. The third-order valence-electron chi connectivity index (χ3n) is 2.49. The highest BCUT2D eigenvalue weighted by Crippen LogP contribution is 2.25. The molecule has 0 aliphatic heterocycles. The van der Waals surface area contributed by atoms with Crippen molar-refractivity contribution in [1.29, 1.82) is 0 Å². The van der Waals surface area contributed by atoms with Gasteiger partial charge in [0.25, 0.3) is 0 Å². The van der Waals surface area contributed by atoms with E-state index in [9.17, 15) is 9.59 Å². The van der Waals surface area contributed by atoms with E-state index in [1.807, 2.05) is 0 Å². The van der Waals surface area contributed by atoms with Gasteiger partial charge < -0.3 is 15.3 Å². The fourth-order valence-corrected chi connectivity index (χ4v) is 1.90. The second kappa shape index (κ2) is 6.77. The summed E-state index contributed by atoms with van der Waals surface area (Å²) in [6, 6.07) is 4.68. The minimum absolute atomic E-state index is 0.118. The Labute approximate surface area is 124 Å². The first-order valence-electron chi connectivity index (χ1n) is 5.51. The number of nitrogens with zero attached hydrogens (tertiary/aromatic N) is 1. The van der Waals surface area contributed by atoms with Crippen molar-refractivity contribution >= 4 is 45.2 Å². The third kappa shape index (κ3) is 4.72. The van der Waals surface area contributed by atoms with E-state index in [4.69, 9.17) is 16.7 Å². The monoisotopic (exact) mass is 348 g/mol. The number of carboxylic acids is 1. The normalized spacial score (nSPS) is 11.8. The van der Waals surface area contributed by atoms with E-state index in [2.05, 4.69) is 21.2 Å². The van der Waals surface area contributed by atoms with Crippen molar-refractivity contribution in [2.24, 2.45) is 5.92 Å². The van der Waals surface area contributed by atoms with Crippen molar-refractivity contribution < 1.29 is 14.7 Å². The number of rotatable bonds is 4. The molecule has 1 aromatic carbocycles. The van der Waals surface area contributed by atoms with Crippen molar-refractivity contribution in [2.45, 2.75) is 6.92 Å². The van der Waals surface area contributed by atoms with Crippen molar-refractivity contribution in [3.8, 4) is 0 Å². The molecule has 0 fully saturated rings. The first-order chi connectivity index (χ1) is 8.81. The maximum absolute atomic E-state index is 11.9. The molecule has 0 radical (unpaired) electrons. The number of carbonyl (C=O) groups is 2.